The molecule has 0 aromatic carbocycles. The first-order chi connectivity index (χ1) is 11.0. The maximum atomic E-state index is 11.4. The molecule has 3 rings (SSSR count). The van der Waals surface area contributed by atoms with Gasteiger partial charge in [0.05, 0.1) is 6.20 Å². The number of nitrogens with one attached hydrogen (secondary N) is 1. The third kappa shape index (κ3) is 4.04. The predicted molar refractivity (Wildman–Crippen MR) is 93.2 cm³/mol. The van der Waals surface area contributed by atoms with Crippen LogP contribution in [-0.2, 0) is 10.0 Å². The minimum absolute atomic E-state index is 0.121. The zero-order valence-corrected chi connectivity index (χ0v) is 15.1. The number of anilines is 1. The van der Waals surface area contributed by atoms with Gasteiger partial charge in [-0.25, -0.2) is 18.5 Å². The van der Waals surface area contributed by atoms with Crippen LogP contribution < -0.4 is 10.5 Å². The Kier molecular flexibility index (Phi) is 5.25. The predicted octanol–water partition coefficient (Wildman–Crippen LogP) is 2.39. The van der Waals surface area contributed by atoms with Crippen LogP contribution in [0.15, 0.2) is 10.4 Å². The van der Waals surface area contributed by atoms with E-state index < -0.39 is 10.0 Å². The molecule has 8 heteroatoms. The fourth-order valence-corrected chi connectivity index (χ4v) is 5.34. The maximum absolute atomic E-state index is 11.4. The molecule has 0 unspecified atom stereocenters. The highest BCUT2D eigenvalue weighted by Gasteiger charge is 2.38. The summed E-state index contributed by atoms with van der Waals surface area (Å²) < 4.78 is 22.9. The van der Waals surface area contributed by atoms with Crippen molar-refractivity contribution >= 4 is 26.5 Å². The zero-order valence-electron chi connectivity index (χ0n) is 13.5. The topological polar surface area (TPSA) is 88.3 Å². The first-order valence-electron chi connectivity index (χ1n) is 8.47. The van der Waals surface area contributed by atoms with Crippen molar-refractivity contribution in [1.29, 1.82) is 0 Å². The van der Waals surface area contributed by atoms with E-state index in [2.05, 4.69) is 15.2 Å². The van der Waals surface area contributed by atoms with Crippen molar-refractivity contribution in [3.8, 4) is 0 Å². The molecule has 0 radical (unpaired) electrons. The van der Waals surface area contributed by atoms with E-state index in [1.807, 2.05) is 0 Å². The van der Waals surface area contributed by atoms with E-state index in [0.29, 0.717) is 5.13 Å². The van der Waals surface area contributed by atoms with E-state index >= 15 is 0 Å². The number of thiazole rings is 1. The van der Waals surface area contributed by atoms with E-state index in [9.17, 15) is 8.42 Å². The van der Waals surface area contributed by atoms with Crippen molar-refractivity contribution in [2.75, 3.05) is 25.0 Å². The second-order valence-corrected chi connectivity index (χ2v) is 9.53. The Morgan fingerprint density at radius 1 is 1.17 bits per heavy atom. The number of sulfonamides is 1. The van der Waals surface area contributed by atoms with E-state index in [1.54, 1.807) is 0 Å². The molecule has 23 heavy (non-hydrogen) atoms. The molecule has 2 aliphatic rings. The minimum atomic E-state index is -3.66. The summed E-state index contributed by atoms with van der Waals surface area (Å²) >= 11 is 1.12. The monoisotopic (exact) mass is 358 g/mol. The lowest BCUT2D eigenvalue weighted by molar-refractivity contribution is 0.0437. The van der Waals surface area contributed by atoms with Crippen molar-refractivity contribution in [1.82, 2.24) is 9.88 Å². The van der Waals surface area contributed by atoms with Crippen LogP contribution in [0.3, 0.4) is 0 Å². The van der Waals surface area contributed by atoms with Crippen molar-refractivity contribution < 1.29 is 8.42 Å². The minimum Gasteiger partial charge on any atom is -0.360 e. The quantitative estimate of drug-likeness (QED) is 0.844. The number of primary sulfonamides is 1. The van der Waals surface area contributed by atoms with Crippen molar-refractivity contribution in [3.05, 3.63) is 6.20 Å². The first kappa shape index (κ1) is 17.1. The summed E-state index contributed by atoms with van der Waals surface area (Å²) in [5, 5.41) is 9.20. The molecule has 0 amide bonds. The van der Waals surface area contributed by atoms with Crippen molar-refractivity contribution in [2.24, 2.45) is 5.14 Å². The number of nitrogens with two attached hydrogens (primary N) is 1. The summed E-state index contributed by atoms with van der Waals surface area (Å²) in [4.78, 5) is 6.84. The third-order valence-electron chi connectivity index (χ3n) is 5.14. The molecule has 2 fully saturated rings. The molecule has 1 aromatic rings. The molecule has 1 saturated heterocycles. The van der Waals surface area contributed by atoms with Gasteiger partial charge in [0, 0.05) is 12.1 Å². The van der Waals surface area contributed by atoms with Crippen LogP contribution in [0.5, 0.6) is 0 Å². The lowest BCUT2D eigenvalue weighted by Crippen LogP contribution is -2.56. The molecule has 1 aliphatic carbocycles. The molecular weight excluding hydrogens is 332 g/mol. The van der Waals surface area contributed by atoms with Gasteiger partial charge in [-0.2, -0.15) is 0 Å². The van der Waals surface area contributed by atoms with Crippen LogP contribution >= 0.6 is 11.3 Å². The van der Waals surface area contributed by atoms with Gasteiger partial charge in [-0.3, -0.25) is 4.90 Å². The molecule has 1 saturated carbocycles. The number of piperidine rings is 1. The van der Waals surface area contributed by atoms with Gasteiger partial charge in [0.15, 0.2) is 9.34 Å². The van der Waals surface area contributed by atoms with Crippen molar-refractivity contribution in [3.63, 3.8) is 0 Å². The van der Waals surface area contributed by atoms with E-state index in [1.165, 1.54) is 70.7 Å². The molecule has 0 atom stereocenters. The molecule has 1 aliphatic heterocycles. The average Bonchev–Trinajstić information content (AvgIpc) is 3.04. The summed E-state index contributed by atoms with van der Waals surface area (Å²) in [6.07, 6.45) is 11.6. The van der Waals surface area contributed by atoms with Gasteiger partial charge in [0.1, 0.15) is 0 Å². The lowest BCUT2D eigenvalue weighted by atomic mass is 9.79. The summed E-state index contributed by atoms with van der Waals surface area (Å²) in [7, 11) is -3.66. The lowest BCUT2D eigenvalue weighted by Gasteiger charge is -2.48. The van der Waals surface area contributed by atoms with Gasteiger partial charge in [-0.1, -0.05) is 37.0 Å². The normalized spacial score (nSPS) is 22.8. The largest absolute Gasteiger partial charge is 0.360 e. The summed E-state index contributed by atoms with van der Waals surface area (Å²) in [6.45, 7) is 3.20. The van der Waals surface area contributed by atoms with Gasteiger partial charge in [0.2, 0.25) is 10.0 Å². The van der Waals surface area contributed by atoms with Crippen LogP contribution in [0.1, 0.15) is 51.4 Å². The Morgan fingerprint density at radius 3 is 2.43 bits per heavy atom. The van der Waals surface area contributed by atoms with Gasteiger partial charge in [0.25, 0.3) is 0 Å². The van der Waals surface area contributed by atoms with Gasteiger partial charge < -0.3 is 5.32 Å². The van der Waals surface area contributed by atoms with Crippen molar-refractivity contribution in [2.45, 2.75) is 61.1 Å². The molecule has 6 nitrogen and oxygen atoms in total. The smallest absolute Gasteiger partial charge is 0.249 e. The Balaban J connectivity index is 1.70. The van der Waals surface area contributed by atoms with Crippen LogP contribution in [0.2, 0.25) is 0 Å². The fraction of sp³-hybridized carbons (Fsp3) is 0.800. The molecule has 0 spiro atoms. The summed E-state index contributed by atoms with van der Waals surface area (Å²) in [5.74, 6) is 0. The molecule has 130 valence electrons. The number of nitrogens with zero attached hydrogens (tertiary/aromatic N) is 2. The van der Waals surface area contributed by atoms with Crippen LogP contribution in [-0.4, -0.2) is 43.5 Å². The standard InChI is InChI=1S/C15H26N4O2S2/c16-23(20,21)13-11-17-14(22-13)18-12-15(7-3-1-4-8-15)19-9-5-2-6-10-19/h11H,1-10,12H2,(H,17,18)(H2,16,20,21). The van der Waals surface area contributed by atoms with Crippen LogP contribution in [0, 0.1) is 0 Å². The molecule has 2 heterocycles. The molecular formula is C15H26N4O2S2. The average molecular weight is 359 g/mol. The molecule has 1 aromatic heterocycles. The molecule has 3 N–H and O–H groups in total. The fourth-order valence-electron chi connectivity index (χ4n) is 3.90. The number of hydrogen-bond acceptors (Lipinski definition) is 6. The van der Waals surface area contributed by atoms with Gasteiger partial charge >= 0.3 is 0 Å². The van der Waals surface area contributed by atoms with E-state index in [4.69, 9.17) is 5.14 Å². The highest BCUT2D eigenvalue weighted by Crippen LogP contribution is 2.36. The number of rotatable bonds is 5. The molecule has 0 bridgehead atoms. The Morgan fingerprint density at radius 2 is 1.83 bits per heavy atom. The number of aromatic nitrogens is 1. The highest BCUT2D eigenvalue weighted by molar-refractivity contribution is 7.91. The zero-order chi connectivity index (χ0) is 16.3. The SMILES string of the molecule is NS(=O)(=O)c1cnc(NCC2(N3CCCCC3)CCCCC2)s1. The number of likely N-dealkylation sites (tertiary alicyclic amines) is 1. The Bertz CT molecular complexity index is 617. The Hall–Kier alpha value is -0.700. The third-order valence-corrected chi connectivity index (χ3v) is 7.51. The highest BCUT2D eigenvalue weighted by atomic mass is 32.2. The number of hydrogen-bond donors (Lipinski definition) is 2. The van der Waals surface area contributed by atoms with E-state index in [-0.39, 0.29) is 9.75 Å². The maximum Gasteiger partial charge on any atom is 0.249 e. The van der Waals surface area contributed by atoms with E-state index in [0.717, 1.165) is 17.9 Å². The van der Waals surface area contributed by atoms with Crippen LogP contribution in [0.4, 0.5) is 5.13 Å². The second kappa shape index (κ2) is 7.04. The summed E-state index contributed by atoms with van der Waals surface area (Å²) in [5.41, 5.74) is 0.200. The van der Waals surface area contributed by atoms with Gasteiger partial charge in [-0.15, -0.1) is 0 Å². The second-order valence-electron chi connectivity index (χ2n) is 6.72. The van der Waals surface area contributed by atoms with Crippen LogP contribution in [0.25, 0.3) is 0 Å². The first-order valence-corrected chi connectivity index (χ1v) is 10.8. The Labute approximate surface area is 142 Å². The summed E-state index contributed by atoms with van der Waals surface area (Å²) in [6, 6.07) is 0. The van der Waals surface area contributed by atoms with Gasteiger partial charge in [-0.05, 0) is 38.8 Å².